The average molecular weight is 213 g/mol. The highest BCUT2D eigenvalue weighted by Crippen LogP contribution is 2.29. The molecule has 90 valence electrons. The van der Waals surface area contributed by atoms with Gasteiger partial charge in [-0.25, -0.2) is 0 Å². The fourth-order valence-electron chi connectivity index (χ4n) is 2.77. The van der Waals surface area contributed by atoms with Crippen molar-refractivity contribution < 1.29 is 4.74 Å². The predicted molar refractivity (Wildman–Crippen MR) is 65.1 cm³/mol. The van der Waals surface area contributed by atoms with Gasteiger partial charge < -0.3 is 10.1 Å². The van der Waals surface area contributed by atoms with Gasteiger partial charge in [-0.1, -0.05) is 27.2 Å². The number of rotatable bonds is 5. The molecule has 2 nitrogen and oxygen atoms in total. The molecule has 1 saturated carbocycles. The van der Waals surface area contributed by atoms with Crippen LogP contribution in [0.1, 0.15) is 46.5 Å². The van der Waals surface area contributed by atoms with E-state index in [9.17, 15) is 0 Å². The summed E-state index contributed by atoms with van der Waals surface area (Å²) in [4.78, 5) is 0. The largest absolute Gasteiger partial charge is 0.383 e. The molecule has 1 aliphatic carbocycles. The van der Waals surface area contributed by atoms with E-state index in [2.05, 4.69) is 26.1 Å². The van der Waals surface area contributed by atoms with E-state index in [1.165, 1.54) is 19.3 Å². The van der Waals surface area contributed by atoms with Gasteiger partial charge in [0.1, 0.15) is 0 Å². The number of methoxy groups -OCH3 is 1. The van der Waals surface area contributed by atoms with Gasteiger partial charge >= 0.3 is 0 Å². The Hall–Kier alpha value is -0.0800. The Bertz CT molecular complexity index is 162. The van der Waals surface area contributed by atoms with E-state index < -0.39 is 0 Å². The summed E-state index contributed by atoms with van der Waals surface area (Å²) in [6.45, 7) is 7.83. The van der Waals surface area contributed by atoms with Crippen molar-refractivity contribution in [3.05, 3.63) is 0 Å². The van der Waals surface area contributed by atoms with Gasteiger partial charge in [0.05, 0.1) is 6.61 Å². The molecule has 0 aromatic heterocycles. The van der Waals surface area contributed by atoms with Crippen LogP contribution in [0.2, 0.25) is 0 Å². The highest BCUT2D eigenvalue weighted by molar-refractivity contribution is 4.85. The maximum atomic E-state index is 5.24. The summed E-state index contributed by atoms with van der Waals surface area (Å²) >= 11 is 0. The highest BCUT2D eigenvalue weighted by atomic mass is 16.5. The molecule has 0 saturated heterocycles. The molecule has 0 spiro atoms. The van der Waals surface area contributed by atoms with Crippen LogP contribution in [0.5, 0.6) is 0 Å². The van der Waals surface area contributed by atoms with Gasteiger partial charge in [0.2, 0.25) is 0 Å². The van der Waals surface area contributed by atoms with Crippen LogP contribution in [0.3, 0.4) is 0 Å². The smallest absolute Gasteiger partial charge is 0.0615 e. The fraction of sp³-hybridized carbons (Fsp3) is 1.00. The number of hydrogen-bond acceptors (Lipinski definition) is 2. The Labute approximate surface area is 94.8 Å². The van der Waals surface area contributed by atoms with Crippen molar-refractivity contribution in [3.8, 4) is 0 Å². The Balaban J connectivity index is 2.45. The van der Waals surface area contributed by atoms with E-state index >= 15 is 0 Å². The van der Waals surface area contributed by atoms with Crippen molar-refractivity contribution in [1.82, 2.24) is 5.32 Å². The van der Waals surface area contributed by atoms with Gasteiger partial charge in [0, 0.05) is 19.2 Å². The molecule has 0 radical (unpaired) electrons. The molecule has 1 aliphatic rings. The van der Waals surface area contributed by atoms with Crippen LogP contribution in [0.25, 0.3) is 0 Å². The van der Waals surface area contributed by atoms with Gasteiger partial charge in [0.15, 0.2) is 0 Å². The molecule has 0 aromatic carbocycles. The molecule has 1 rings (SSSR count). The van der Waals surface area contributed by atoms with Gasteiger partial charge in [-0.2, -0.15) is 0 Å². The molecule has 1 fully saturated rings. The first kappa shape index (κ1) is 13.0. The first-order chi connectivity index (χ1) is 7.19. The van der Waals surface area contributed by atoms with Gasteiger partial charge in [-0.3, -0.25) is 0 Å². The van der Waals surface area contributed by atoms with E-state index in [0.29, 0.717) is 12.1 Å². The molecule has 0 heterocycles. The summed E-state index contributed by atoms with van der Waals surface area (Å²) in [5.74, 6) is 1.64. The quantitative estimate of drug-likeness (QED) is 0.758. The average Bonchev–Trinajstić information content (AvgIpc) is 2.22. The Morgan fingerprint density at radius 3 is 2.33 bits per heavy atom. The standard InChI is InChI=1S/C13H27NO/c1-5-12(9-15-4)14-13-10(2)7-6-8-11(13)3/h10-14H,5-9H2,1-4H3. The zero-order valence-electron chi connectivity index (χ0n) is 10.8. The number of nitrogens with one attached hydrogen (secondary N) is 1. The van der Waals surface area contributed by atoms with Crippen LogP contribution in [0.15, 0.2) is 0 Å². The van der Waals surface area contributed by atoms with Crippen LogP contribution in [-0.4, -0.2) is 25.8 Å². The molecular formula is C13H27NO. The van der Waals surface area contributed by atoms with E-state index in [0.717, 1.165) is 24.9 Å². The zero-order valence-corrected chi connectivity index (χ0v) is 10.8. The minimum atomic E-state index is 0.531. The molecule has 3 unspecified atom stereocenters. The third-order valence-corrected chi connectivity index (χ3v) is 3.83. The SMILES string of the molecule is CCC(COC)NC1C(C)CCCC1C. The monoisotopic (exact) mass is 213 g/mol. The summed E-state index contributed by atoms with van der Waals surface area (Å²) in [5, 5.41) is 3.78. The van der Waals surface area contributed by atoms with Crippen molar-refractivity contribution in [2.24, 2.45) is 11.8 Å². The van der Waals surface area contributed by atoms with Crippen LogP contribution in [0, 0.1) is 11.8 Å². The van der Waals surface area contributed by atoms with E-state index in [-0.39, 0.29) is 0 Å². The van der Waals surface area contributed by atoms with Crippen molar-refractivity contribution in [1.29, 1.82) is 0 Å². The lowest BCUT2D eigenvalue weighted by Gasteiger charge is -2.37. The molecule has 3 atom stereocenters. The molecule has 0 bridgehead atoms. The number of ether oxygens (including phenoxy) is 1. The minimum absolute atomic E-state index is 0.531. The van der Waals surface area contributed by atoms with Crippen LogP contribution < -0.4 is 5.32 Å². The Kier molecular flexibility index (Phi) is 5.62. The van der Waals surface area contributed by atoms with Crippen molar-refractivity contribution in [2.45, 2.75) is 58.5 Å². The van der Waals surface area contributed by atoms with Crippen LogP contribution >= 0.6 is 0 Å². The van der Waals surface area contributed by atoms with Crippen LogP contribution in [0.4, 0.5) is 0 Å². The molecule has 0 amide bonds. The van der Waals surface area contributed by atoms with Crippen molar-refractivity contribution in [3.63, 3.8) is 0 Å². The normalized spacial score (nSPS) is 34.0. The molecule has 1 N–H and O–H groups in total. The Morgan fingerprint density at radius 2 is 1.87 bits per heavy atom. The Morgan fingerprint density at radius 1 is 1.27 bits per heavy atom. The molecular weight excluding hydrogens is 186 g/mol. The maximum absolute atomic E-state index is 5.24. The van der Waals surface area contributed by atoms with E-state index in [1.54, 1.807) is 7.11 Å². The topological polar surface area (TPSA) is 21.3 Å². The fourth-order valence-corrected chi connectivity index (χ4v) is 2.77. The molecule has 2 heteroatoms. The third kappa shape index (κ3) is 3.76. The van der Waals surface area contributed by atoms with E-state index in [4.69, 9.17) is 4.74 Å². The number of hydrogen-bond donors (Lipinski definition) is 1. The third-order valence-electron chi connectivity index (χ3n) is 3.83. The lowest BCUT2D eigenvalue weighted by molar-refractivity contribution is 0.128. The maximum Gasteiger partial charge on any atom is 0.0615 e. The second-order valence-corrected chi connectivity index (χ2v) is 5.14. The highest BCUT2D eigenvalue weighted by Gasteiger charge is 2.28. The van der Waals surface area contributed by atoms with Gasteiger partial charge in [-0.05, 0) is 31.1 Å². The minimum Gasteiger partial charge on any atom is -0.383 e. The van der Waals surface area contributed by atoms with Crippen LogP contribution in [-0.2, 0) is 4.74 Å². The molecule has 0 aliphatic heterocycles. The predicted octanol–water partition coefficient (Wildman–Crippen LogP) is 2.83. The van der Waals surface area contributed by atoms with Gasteiger partial charge in [-0.15, -0.1) is 0 Å². The second-order valence-electron chi connectivity index (χ2n) is 5.14. The second kappa shape index (κ2) is 6.49. The molecule has 15 heavy (non-hydrogen) atoms. The van der Waals surface area contributed by atoms with Crippen molar-refractivity contribution in [2.75, 3.05) is 13.7 Å². The summed E-state index contributed by atoms with van der Waals surface area (Å²) < 4.78 is 5.24. The van der Waals surface area contributed by atoms with Gasteiger partial charge in [0.25, 0.3) is 0 Å². The summed E-state index contributed by atoms with van der Waals surface area (Å²) in [6.07, 6.45) is 5.32. The van der Waals surface area contributed by atoms with Crippen molar-refractivity contribution >= 4 is 0 Å². The zero-order chi connectivity index (χ0) is 11.3. The lowest BCUT2D eigenvalue weighted by Crippen LogP contribution is -2.48. The molecule has 0 aromatic rings. The first-order valence-corrected chi connectivity index (χ1v) is 6.44. The summed E-state index contributed by atoms with van der Waals surface area (Å²) in [5.41, 5.74) is 0. The summed E-state index contributed by atoms with van der Waals surface area (Å²) in [7, 11) is 1.79. The first-order valence-electron chi connectivity index (χ1n) is 6.44. The lowest BCUT2D eigenvalue weighted by atomic mass is 9.78. The van der Waals surface area contributed by atoms with E-state index in [1.807, 2.05) is 0 Å². The summed E-state index contributed by atoms with van der Waals surface area (Å²) in [6, 6.07) is 1.22.